The summed E-state index contributed by atoms with van der Waals surface area (Å²) in [4.78, 5) is 0. The Hall–Kier alpha value is -1.86. The normalized spacial score (nSPS) is 20.2. The molecule has 2 nitrogen and oxygen atoms in total. The largest absolute Gasteiger partial charge is 0.364 e. The van der Waals surface area contributed by atoms with Crippen LogP contribution in [0.25, 0.3) is 0 Å². The molecule has 1 aliphatic rings. The van der Waals surface area contributed by atoms with E-state index in [1.54, 1.807) is 12.1 Å². The molecular weight excluding hydrogens is 319 g/mol. The van der Waals surface area contributed by atoms with Crippen LogP contribution >= 0.6 is 15.9 Å². The Morgan fingerprint density at radius 2 is 1.95 bits per heavy atom. The van der Waals surface area contributed by atoms with Gasteiger partial charge in [-0.1, -0.05) is 28.1 Å². The zero-order valence-corrected chi connectivity index (χ0v) is 12.2. The number of rotatable bonds is 2. The molecule has 1 aliphatic carbocycles. The summed E-state index contributed by atoms with van der Waals surface area (Å²) in [6.07, 6.45) is 1.55. The first-order valence-electron chi connectivity index (χ1n) is 6.37. The molecule has 0 saturated heterocycles. The van der Waals surface area contributed by atoms with Gasteiger partial charge in [0.15, 0.2) is 5.54 Å². The average molecular weight is 331 g/mol. The number of nitrogens with zero attached hydrogens (tertiary/aromatic N) is 1. The molecule has 0 aliphatic heterocycles. The Morgan fingerprint density at radius 3 is 2.65 bits per heavy atom. The Bertz CT molecular complexity index is 691. The number of nitriles is 1. The molecule has 0 bridgehead atoms. The highest BCUT2D eigenvalue weighted by molar-refractivity contribution is 9.10. The van der Waals surface area contributed by atoms with E-state index in [2.05, 4.69) is 27.3 Å². The van der Waals surface area contributed by atoms with Crippen LogP contribution in [0.15, 0.2) is 46.9 Å². The monoisotopic (exact) mass is 330 g/mol. The molecule has 4 heteroatoms. The standard InChI is InChI=1S/C16H12BrFN2/c17-15-3-1-2-14-13(15)8-9-16(14,10-19)20-12-6-4-11(18)5-7-12/h1-7,20H,8-9H2. The Morgan fingerprint density at radius 1 is 1.20 bits per heavy atom. The summed E-state index contributed by atoms with van der Waals surface area (Å²) >= 11 is 3.54. The number of hydrogen-bond donors (Lipinski definition) is 1. The van der Waals surface area contributed by atoms with Crippen molar-refractivity contribution < 1.29 is 4.39 Å². The number of halogens is 2. The lowest BCUT2D eigenvalue weighted by atomic mass is 9.93. The summed E-state index contributed by atoms with van der Waals surface area (Å²) in [5.74, 6) is -0.281. The molecule has 0 heterocycles. The zero-order chi connectivity index (χ0) is 14.2. The topological polar surface area (TPSA) is 35.8 Å². The fourth-order valence-corrected chi connectivity index (χ4v) is 3.28. The smallest absolute Gasteiger partial charge is 0.151 e. The van der Waals surface area contributed by atoms with Crippen molar-refractivity contribution in [2.45, 2.75) is 18.4 Å². The minimum Gasteiger partial charge on any atom is -0.364 e. The van der Waals surface area contributed by atoms with Crippen molar-refractivity contribution >= 4 is 21.6 Å². The summed E-state index contributed by atoms with van der Waals surface area (Å²) in [7, 11) is 0. The van der Waals surface area contributed by atoms with E-state index in [9.17, 15) is 9.65 Å². The van der Waals surface area contributed by atoms with Crippen molar-refractivity contribution in [3.63, 3.8) is 0 Å². The molecule has 3 rings (SSSR count). The third kappa shape index (κ3) is 2.08. The zero-order valence-electron chi connectivity index (χ0n) is 10.7. The quantitative estimate of drug-likeness (QED) is 0.887. The van der Waals surface area contributed by atoms with Crippen molar-refractivity contribution in [2.75, 3.05) is 5.32 Å². The first-order valence-corrected chi connectivity index (χ1v) is 7.17. The Balaban J connectivity index is 2.01. The summed E-state index contributed by atoms with van der Waals surface area (Å²) in [6, 6.07) is 14.4. The van der Waals surface area contributed by atoms with Gasteiger partial charge in [-0.15, -0.1) is 0 Å². The van der Waals surface area contributed by atoms with Gasteiger partial charge in [-0.3, -0.25) is 0 Å². The van der Waals surface area contributed by atoms with E-state index < -0.39 is 5.54 Å². The summed E-state index contributed by atoms with van der Waals surface area (Å²) in [5.41, 5.74) is 2.18. The highest BCUT2D eigenvalue weighted by Crippen LogP contribution is 2.42. The predicted molar refractivity (Wildman–Crippen MR) is 79.8 cm³/mol. The van der Waals surface area contributed by atoms with E-state index in [0.29, 0.717) is 6.42 Å². The number of fused-ring (bicyclic) bond motifs is 1. The maximum absolute atomic E-state index is 13.0. The first kappa shape index (κ1) is 13.1. The van der Waals surface area contributed by atoms with Gasteiger partial charge in [0.2, 0.25) is 0 Å². The molecule has 0 saturated carbocycles. The van der Waals surface area contributed by atoms with Crippen LogP contribution in [0.1, 0.15) is 17.5 Å². The predicted octanol–water partition coefficient (Wildman–Crippen LogP) is 4.37. The minimum atomic E-state index is -0.739. The summed E-state index contributed by atoms with van der Waals surface area (Å²) < 4.78 is 14.0. The molecule has 0 amide bonds. The molecule has 0 spiro atoms. The second-order valence-electron chi connectivity index (χ2n) is 4.91. The number of anilines is 1. The summed E-state index contributed by atoms with van der Waals surface area (Å²) in [5, 5.41) is 12.9. The molecule has 1 atom stereocenters. The summed E-state index contributed by atoms with van der Waals surface area (Å²) in [6.45, 7) is 0. The van der Waals surface area contributed by atoms with E-state index in [1.165, 1.54) is 17.7 Å². The lowest BCUT2D eigenvalue weighted by Gasteiger charge is -2.25. The van der Waals surface area contributed by atoms with Gasteiger partial charge in [0.25, 0.3) is 0 Å². The number of nitrogens with one attached hydrogen (secondary N) is 1. The van der Waals surface area contributed by atoms with Crippen LogP contribution in [0.5, 0.6) is 0 Å². The second-order valence-corrected chi connectivity index (χ2v) is 5.77. The van der Waals surface area contributed by atoms with Crippen molar-refractivity contribution in [1.82, 2.24) is 0 Å². The van der Waals surface area contributed by atoms with E-state index in [1.807, 2.05) is 18.2 Å². The van der Waals surface area contributed by atoms with Crippen LogP contribution in [0.3, 0.4) is 0 Å². The molecule has 20 heavy (non-hydrogen) atoms. The fraction of sp³-hybridized carbons (Fsp3) is 0.188. The van der Waals surface area contributed by atoms with E-state index in [4.69, 9.17) is 0 Å². The van der Waals surface area contributed by atoms with Crippen molar-refractivity contribution in [3.05, 3.63) is 63.9 Å². The van der Waals surface area contributed by atoms with Gasteiger partial charge in [-0.05, 0) is 54.3 Å². The fourth-order valence-electron chi connectivity index (χ4n) is 2.71. The van der Waals surface area contributed by atoms with Gasteiger partial charge >= 0.3 is 0 Å². The molecule has 0 aromatic heterocycles. The number of hydrogen-bond acceptors (Lipinski definition) is 2. The van der Waals surface area contributed by atoms with Crippen LogP contribution in [-0.4, -0.2) is 0 Å². The van der Waals surface area contributed by atoms with Crippen LogP contribution in [0.2, 0.25) is 0 Å². The van der Waals surface area contributed by atoms with Crippen molar-refractivity contribution in [2.24, 2.45) is 0 Å². The van der Waals surface area contributed by atoms with E-state index >= 15 is 0 Å². The SMILES string of the molecule is N#CC1(Nc2ccc(F)cc2)CCc2c(Br)cccc21. The van der Waals surface area contributed by atoms with E-state index in [-0.39, 0.29) is 5.82 Å². The van der Waals surface area contributed by atoms with Crippen molar-refractivity contribution in [3.8, 4) is 6.07 Å². The molecular formula is C16H12BrFN2. The van der Waals surface area contributed by atoms with Gasteiger partial charge in [-0.25, -0.2) is 4.39 Å². The van der Waals surface area contributed by atoms with Gasteiger partial charge < -0.3 is 5.32 Å². The molecule has 1 N–H and O–H groups in total. The third-order valence-electron chi connectivity index (χ3n) is 3.72. The second kappa shape index (κ2) is 4.92. The highest BCUT2D eigenvalue weighted by Gasteiger charge is 2.39. The highest BCUT2D eigenvalue weighted by atomic mass is 79.9. The minimum absolute atomic E-state index is 0.281. The Kier molecular flexibility index (Phi) is 3.23. The molecule has 1 unspecified atom stereocenters. The first-order chi connectivity index (χ1) is 9.64. The van der Waals surface area contributed by atoms with E-state index in [0.717, 1.165) is 22.1 Å². The lowest BCUT2D eigenvalue weighted by Crippen LogP contribution is -2.31. The molecule has 2 aromatic rings. The molecule has 0 radical (unpaired) electrons. The van der Waals surface area contributed by atoms with Gasteiger partial charge in [0.1, 0.15) is 5.82 Å². The maximum atomic E-state index is 13.0. The number of benzene rings is 2. The van der Waals surface area contributed by atoms with Crippen molar-refractivity contribution in [1.29, 1.82) is 5.26 Å². The average Bonchev–Trinajstić information content (AvgIpc) is 2.83. The van der Waals surface area contributed by atoms with Crippen LogP contribution in [0, 0.1) is 17.1 Å². The van der Waals surface area contributed by atoms with Gasteiger partial charge in [-0.2, -0.15) is 5.26 Å². The van der Waals surface area contributed by atoms with Gasteiger partial charge in [0, 0.05) is 10.2 Å². The van der Waals surface area contributed by atoms with Crippen LogP contribution in [-0.2, 0) is 12.0 Å². The van der Waals surface area contributed by atoms with Crippen LogP contribution in [0.4, 0.5) is 10.1 Å². The lowest BCUT2D eigenvalue weighted by molar-refractivity contribution is 0.616. The maximum Gasteiger partial charge on any atom is 0.151 e. The molecule has 2 aromatic carbocycles. The van der Waals surface area contributed by atoms with Crippen LogP contribution < -0.4 is 5.32 Å². The Labute approximate surface area is 125 Å². The third-order valence-corrected chi connectivity index (χ3v) is 4.46. The molecule has 0 fully saturated rings. The van der Waals surface area contributed by atoms with Gasteiger partial charge in [0.05, 0.1) is 6.07 Å². The molecule has 100 valence electrons.